The van der Waals surface area contributed by atoms with Gasteiger partial charge in [-0.05, 0) is 42.9 Å². The second-order valence-corrected chi connectivity index (χ2v) is 10.6. The normalized spacial score (nSPS) is 22.8. The van der Waals surface area contributed by atoms with Crippen molar-refractivity contribution in [1.82, 2.24) is 4.90 Å². The van der Waals surface area contributed by atoms with Crippen LogP contribution in [-0.2, 0) is 19.1 Å². The van der Waals surface area contributed by atoms with Gasteiger partial charge in [0.1, 0.15) is 22.9 Å². The van der Waals surface area contributed by atoms with E-state index >= 15 is 0 Å². The lowest BCUT2D eigenvalue weighted by molar-refractivity contribution is -0.168. The minimum atomic E-state index is -0.688. The van der Waals surface area contributed by atoms with E-state index in [1.54, 1.807) is 31.5 Å². The van der Waals surface area contributed by atoms with Crippen molar-refractivity contribution in [1.29, 1.82) is 0 Å². The lowest BCUT2D eigenvalue weighted by Gasteiger charge is -2.47. The molecule has 9 heteroatoms. The molecule has 4 rings (SSSR count). The van der Waals surface area contributed by atoms with Crippen LogP contribution in [0, 0.1) is 16.7 Å². The third-order valence-electron chi connectivity index (χ3n) is 7.73. The van der Waals surface area contributed by atoms with E-state index in [2.05, 4.69) is 5.32 Å². The molecule has 1 aromatic heterocycles. The second kappa shape index (κ2) is 9.11. The lowest BCUT2D eigenvalue weighted by atomic mass is 9.62. The van der Waals surface area contributed by atoms with Crippen molar-refractivity contribution < 1.29 is 28.7 Å². The van der Waals surface area contributed by atoms with Gasteiger partial charge in [0.05, 0.1) is 19.1 Å². The van der Waals surface area contributed by atoms with Crippen LogP contribution in [0.1, 0.15) is 50.9 Å². The Balaban J connectivity index is 1.59. The Morgan fingerprint density at radius 3 is 2.49 bits per heavy atom. The molecule has 1 aliphatic heterocycles. The van der Waals surface area contributed by atoms with Crippen LogP contribution >= 0.6 is 11.3 Å². The molecule has 2 unspecified atom stereocenters. The van der Waals surface area contributed by atoms with Gasteiger partial charge in [0.25, 0.3) is 0 Å². The number of rotatable bonds is 7. The number of esters is 1. The molecule has 1 saturated carbocycles. The zero-order chi connectivity index (χ0) is 25.5. The Hall–Kier alpha value is -3.20. The number of likely N-dealkylation sites (tertiary alicyclic amines) is 1. The predicted octanol–water partition coefficient (Wildman–Crippen LogP) is 4.35. The summed E-state index contributed by atoms with van der Waals surface area (Å²) in [6, 6.07) is 7.20. The zero-order valence-corrected chi connectivity index (χ0v) is 21.4. The van der Waals surface area contributed by atoms with Gasteiger partial charge in [-0.3, -0.25) is 19.3 Å². The number of amides is 3. The van der Waals surface area contributed by atoms with Crippen LogP contribution in [0.25, 0.3) is 11.1 Å². The second-order valence-electron chi connectivity index (χ2n) is 9.73. The molecule has 0 spiro atoms. The standard InChI is InChI=1S/C26H30N2O6S/c1-6-34-23(31)20-17(15-7-9-16(33-5)10-8-15)14-35-21(20)27-19(29)13-28-22(30)18-11-12-26(4,24(28)32)25(18,2)3/h7-10,14,18H,6,11-13H2,1-5H3,(H,27,29). The molecule has 0 radical (unpaired) electrons. The largest absolute Gasteiger partial charge is 0.497 e. The molecule has 8 nitrogen and oxygen atoms in total. The fourth-order valence-electron chi connectivity index (χ4n) is 5.20. The van der Waals surface area contributed by atoms with E-state index in [-0.39, 0.29) is 29.9 Å². The number of benzene rings is 1. The molecular formula is C26H30N2O6S. The molecule has 1 aliphatic carbocycles. The smallest absolute Gasteiger partial charge is 0.341 e. The number of carbonyl (C=O) groups excluding carboxylic acids is 4. The topological polar surface area (TPSA) is 102 Å². The van der Waals surface area contributed by atoms with Crippen LogP contribution in [0.2, 0.25) is 0 Å². The van der Waals surface area contributed by atoms with E-state index in [4.69, 9.17) is 9.47 Å². The van der Waals surface area contributed by atoms with Crippen molar-refractivity contribution in [3.05, 3.63) is 35.2 Å². The number of ether oxygens (including phenoxy) is 2. The molecule has 186 valence electrons. The van der Waals surface area contributed by atoms with E-state index in [0.717, 1.165) is 10.5 Å². The third kappa shape index (κ3) is 4.01. The summed E-state index contributed by atoms with van der Waals surface area (Å²) in [5, 5.41) is 4.82. The Labute approximate surface area is 208 Å². The monoisotopic (exact) mass is 498 g/mol. The van der Waals surface area contributed by atoms with Crippen molar-refractivity contribution in [2.45, 2.75) is 40.5 Å². The van der Waals surface area contributed by atoms with Gasteiger partial charge in [0, 0.05) is 16.9 Å². The lowest BCUT2D eigenvalue weighted by Crippen LogP contribution is -2.60. The van der Waals surface area contributed by atoms with E-state index in [1.165, 1.54) is 11.3 Å². The van der Waals surface area contributed by atoms with Crippen LogP contribution in [0.5, 0.6) is 5.75 Å². The average molecular weight is 499 g/mol. The number of imide groups is 1. The van der Waals surface area contributed by atoms with Gasteiger partial charge >= 0.3 is 5.97 Å². The van der Waals surface area contributed by atoms with Crippen molar-refractivity contribution in [2.75, 3.05) is 25.6 Å². The zero-order valence-electron chi connectivity index (χ0n) is 20.6. The number of carbonyl (C=O) groups is 4. The summed E-state index contributed by atoms with van der Waals surface area (Å²) < 4.78 is 10.4. The van der Waals surface area contributed by atoms with Crippen LogP contribution in [0.15, 0.2) is 29.6 Å². The summed E-state index contributed by atoms with van der Waals surface area (Å²) in [6.45, 7) is 7.28. The Bertz CT molecular complexity index is 1180. The molecule has 2 bridgehead atoms. The van der Waals surface area contributed by atoms with E-state index < -0.39 is 29.3 Å². The van der Waals surface area contributed by atoms with Crippen molar-refractivity contribution in [3.8, 4) is 16.9 Å². The highest BCUT2D eigenvalue weighted by Crippen LogP contribution is 2.60. The fraction of sp³-hybridized carbons (Fsp3) is 0.462. The molecule has 35 heavy (non-hydrogen) atoms. The fourth-order valence-corrected chi connectivity index (χ4v) is 6.17. The van der Waals surface area contributed by atoms with Gasteiger partial charge in [-0.2, -0.15) is 0 Å². The number of nitrogens with one attached hydrogen (secondary N) is 1. The maximum atomic E-state index is 13.3. The van der Waals surface area contributed by atoms with Gasteiger partial charge < -0.3 is 14.8 Å². The number of anilines is 1. The summed E-state index contributed by atoms with van der Waals surface area (Å²) in [5.74, 6) is -1.34. The highest BCUT2D eigenvalue weighted by atomic mass is 32.1. The molecular weight excluding hydrogens is 468 g/mol. The number of hydrogen-bond acceptors (Lipinski definition) is 7. The van der Waals surface area contributed by atoms with E-state index in [1.807, 2.05) is 32.9 Å². The Kier molecular flexibility index (Phi) is 6.48. The maximum Gasteiger partial charge on any atom is 0.341 e. The minimum Gasteiger partial charge on any atom is -0.497 e. The molecule has 2 aromatic rings. The number of piperidine rings is 1. The summed E-state index contributed by atoms with van der Waals surface area (Å²) in [4.78, 5) is 53.3. The van der Waals surface area contributed by atoms with Crippen LogP contribution < -0.4 is 10.1 Å². The number of fused-ring (bicyclic) bond motifs is 2. The number of thiophene rings is 1. The number of nitrogens with zero attached hydrogens (tertiary/aromatic N) is 1. The predicted molar refractivity (Wildman–Crippen MR) is 132 cm³/mol. The highest BCUT2D eigenvalue weighted by Gasteiger charge is 2.64. The minimum absolute atomic E-state index is 0.177. The molecule has 1 N–H and O–H groups in total. The first-order chi connectivity index (χ1) is 16.5. The van der Waals surface area contributed by atoms with Gasteiger partial charge in [-0.25, -0.2) is 4.79 Å². The molecule has 2 heterocycles. The molecule has 1 aromatic carbocycles. The summed E-state index contributed by atoms with van der Waals surface area (Å²) in [6.07, 6.45) is 1.26. The summed E-state index contributed by atoms with van der Waals surface area (Å²) in [5.41, 5.74) is 0.473. The highest BCUT2D eigenvalue weighted by molar-refractivity contribution is 7.15. The van der Waals surface area contributed by atoms with Crippen molar-refractivity contribution >= 4 is 40.0 Å². The molecule has 2 fully saturated rings. The Morgan fingerprint density at radius 1 is 1.17 bits per heavy atom. The quantitative estimate of drug-likeness (QED) is 0.450. The first-order valence-electron chi connectivity index (χ1n) is 11.6. The molecule has 2 aliphatic rings. The van der Waals surface area contributed by atoms with Crippen molar-refractivity contribution in [3.63, 3.8) is 0 Å². The van der Waals surface area contributed by atoms with Gasteiger partial charge in [0.15, 0.2) is 0 Å². The number of hydrogen-bond donors (Lipinski definition) is 1. The van der Waals surface area contributed by atoms with Crippen LogP contribution in [0.4, 0.5) is 5.00 Å². The summed E-state index contributed by atoms with van der Waals surface area (Å²) >= 11 is 1.19. The maximum absolute atomic E-state index is 13.3. The molecule has 3 amide bonds. The van der Waals surface area contributed by atoms with Gasteiger partial charge in [-0.1, -0.05) is 32.9 Å². The van der Waals surface area contributed by atoms with Gasteiger partial charge in [-0.15, -0.1) is 11.3 Å². The van der Waals surface area contributed by atoms with Crippen LogP contribution in [-0.4, -0.2) is 48.9 Å². The van der Waals surface area contributed by atoms with Crippen molar-refractivity contribution in [2.24, 2.45) is 16.7 Å². The molecule has 2 atom stereocenters. The SMILES string of the molecule is CCOC(=O)c1c(-c2ccc(OC)cc2)csc1NC(=O)CN1C(=O)C2CCC(C)(C1=O)C2(C)C. The number of methoxy groups -OCH3 is 1. The molecule has 1 saturated heterocycles. The Morgan fingerprint density at radius 2 is 1.86 bits per heavy atom. The van der Waals surface area contributed by atoms with E-state index in [0.29, 0.717) is 29.2 Å². The first-order valence-corrected chi connectivity index (χ1v) is 12.5. The van der Waals surface area contributed by atoms with Gasteiger partial charge in [0.2, 0.25) is 17.7 Å². The first kappa shape index (κ1) is 24.9. The van der Waals surface area contributed by atoms with E-state index in [9.17, 15) is 19.2 Å². The van der Waals surface area contributed by atoms with Crippen LogP contribution in [0.3, 0.4) is 0 Å². The average Bonchev–Trinajstić information content (AvgIpc) is 3.32. The third-order valence-corrected chi connectivity index (χ3v) is 8.63. The summed E-state index contributed by atoms with van der Waals surface area (Å²) in [7, 11) is 1.57.